The first-order valence-corrected chi connectivity index (χ1v) is 23.6. The molecule has 2 atom stereocenters. The van der Waals surface area contributed by atoms with Crippen molar-refractivity contribution >= 4 is 64.6 Å². The summed E-state index contributed by atoms with van der Waals surface area (Å²) in [5.74, 6) is -3.84. The summed E-state index contributed by atoms with van der Waals surface area (Å²) in [5, 5.41) is 21.0. The second-order valence-corrected chi connectivity index (χ2v) is 16.4. The molecule has 0 radical (unpaired) electrons. The zero-order valence-electron chi connectivity index (χ0n) is 41.0. The van der Waals surface area contributed by atoms with Crippen LogP contribution in [0.3, 0.4) is 0 Å². The molecule has 384 valence electrons. The Labute approximate surface area is 411 Å². The van der Waals surface area contributed by atoms with Crippen LogP contribution in [0.25, 0.3) is 17.2 Å². The van der Waals surface area contributed by atoms with Crippen LogP contribution in [-0.4, -0.2) is 118 Å². The molecule has 4 amide bonds. The number of aromatic nitrogens is 4. The maximum Gasteiger partial charge on any atom is 0.328 e. The fourth-order valence-corrected chi connectivity index (χ4v) is 6.78. The van der Waals surface area contributed by atoms with E-state index in [0.29, 0.717) is 49.2 Å². The largest absolute Gasteiger partial charge is 0.493 e. The SMILES string of the molecule is CCCCOc1nc(N)c2nc(O)n(Cc3ccc(C(=O)NCCCCCC(=O)Oc4ccc(/C=C/C(=O)NCC(=O)N[C@H](C(=O)N[C@H](CCC(=O)OCC)C(=O)OCC)C(C)C)cc4OC)cc3)c2n1. The van der Waals surface area contributed by atoms with Gasteiger partial charge in [0.05, 0.1) is 40.0 Å². The fourth-order valence-electron chi connectivity index (χ4n) is 6.78. The number of esters is 3. The van der Waals surface area contributed by atoms with E-state index < -0.39 is 60.2 Å². The van der Waals surface area contributed by atoms with Gasteiger partial charge in [0.25, 0.3) is 11.9 Å². The normalized spacial score (nSPS) is 11.9. The van der Waals surface area contributed by atoms with Crippen molar-refractivity contribution in [2.24, 2.45) is 5.92 Å². The number of aromatic hydroxyl groups is 1. The second-order valence-electron chi connectivity index (χ2n) is 16.4. The van der Waals surface area contributed by atoms with Crippen LogP contribution >= 0.6 is 0 Å². The van der Waals surface area contributed by atoms with E-state index in [9.17, 15) is 38.7 Å². The van der Waals surface area contributed by atoms with Gasteiger partial charge in [0.2, 0.25) is 17.7 Å². The molecular formula is C49H65N9O13. The van der Waals surface area contributed by atoms with Gasteiger partial charge in [-0.05, 0) is 86.9 Å². The number of hydrogen-bond acceptors (Lipinski definition) is 17. The lowest BCUT2D eigenvalue weighted by molar-refractivity contribution is -0.149. The van der Waals surface area contributed by atoms with E-state index in [2.05, 4.69) is 36.2 Å². The first-order valence-electron chi connectivity index (χ1n) is 23.6. The Bertz CT molecular complexity index is 2490. The van der Waals surface area contributed by atoms with Gasteiger partial charge in [-0.1, -0.05) is 51.8 Å². The number of rotatable bonds is 29. The summed E-state index contributed by atoms with van der Waals surface area (Å²) in [4.78, 5) is 101. The molecule has 22 heteroatoms. The molecule has 2 heterocycles. The highest BCUT2D eigenvalue weighted by Crippen LogP contribution is 2.29. The van der Waals surface area contributed by atoms with E-state index in [1.807, 2.05) is 6.92 Å². The Kier molecular flexibility index (Phi) is 22.5. The molecule has 2 aromatic heterocycles. The van der Waals surface area contributed by atoms with Crippen LogP contribution < -0.4 is 41.2 Å². The van der Waals surface area contributed by atoms with E-state index in [1.165, 1.54) is 29.9 Å². The highest BCUT2D eigenvalue weighted by Gasteiger charge is 2.30. The highest BCUT2D eigenvalue weighted by atomic mass is 16.6. The summed E-state index contributed by atoms with van der Waals surface area (Å²) >= 11 is 0. The number of nitrogen functional groups attached to an aromatic ring is 1. The van der Waals surface area contributed by atoms with Crippen molar-refractivity contribution in [3.05, 3.63) is 65.2 Å². The number of anilines is 1. The van der Waals surface area contributed by atoms with Crippen LogP contribution in [0.2, 0.25) is 0 Å². The molecule has 0 unspecified atom stereocenters. The molecule has 2 aromatic carbocycles. The fraction of sp³-hybridized carbons (Fsp3) is 0.469. The van der Waals surface area contributed by atoms with Crippen molar-refractivity contribution in [2.45, 2.75) is 105 Å². The Balaban J connectivity index is 1.17. The molecule has 0 saturated carbocycles. The number of benzene rings is 2. The number of nitrogens with zero attached hydrogens (tertiary/aromatic N) is 4. The van der Waals surface area contributed by atoms with Crippen LogP contribution in [0, 0.1) is 5.92 Å². The molecule has 22 nitrogen and oxygen atoms in total. The van der Waals surface area contributed by atoms with Crippen molar-refractivity contribution in [2.75, 3.05) is 45.8 Å². The van der Waals surface area contributed by atoms with Gasteiger partial charge in [0.1, 0.15) is 12.1 Å². The third-order valence-corrected chi connectivity index (χ3v) is 10.6. The molecule has 0 aliphatic rings. The van der Waals surface area contributed by atoms with Crippen molar-refractivity contribution < 1.29 is 62.4 Å². The number of carbonyl (C=O) groups excluding carboxylic acids is 7. The summed E-state index contributed by atoms with van der Waals surface area (Å²) in [6.07, 6.45) is 6.12. The number of amides is 4. The smallest absolute Gasteiger partial charge is 0.328 e. The molecule has 0 saturated heterocycles. The van der Waals surface area contributed by atoms with Crippen LogP contribution in [0.15, 0.2) is 48.5 Å². The predicted octanol–water partition coefficient (Wildman–Crippen LogP) is 3.91. The minimum Gasteiger partial charge on any atom is -0.493 e. The summed E-state index contributed by atoms with van der Waals surface area (Å²) in [6.45, 7) is 9.46. The number of ether oxygens (including phenoxy) is 5. The van der Waals surface area contributed by atoms with E-state index in [4.69, 9.17) is 29.4 Å². The standard InChI is InChI=1S/C49H65N9O13/c1-7-10-26-70-48-56-43(50)42-44(57-48)58(49(66)55-42)29-32-15-19-33(20-16-32)45(63)51-25-13-11-12-14-40(62)71-35-22-17-31(27-36(35)67-6)18-23-37(59)52-28-38(60)54-41(30(4)5)46(64)53-34(47(65)69-9-3)21-24-39(61)68-8-2/h15-20,22-23,27,30,34,41H,7-14,21,24-26,28-29H2,1-6H3,(H,51,63)(H,52,59)(H,53,64)(H,54,60)(H,55,66)(H2,50,56,57)/b23-18+/t34-,41+/m1/s1. The molecule has 0 aliphatic carbocycles. The monoisotopic (exact) mass is 987 g/mol. The molecule has 7 N–H and O–H groups in total. The van der Waals surface area contributed by atoms with Gasteiger partial charge >= 0.3 is 23.9 Å². The number of methoxy groups -OCH3 is 1. The highest BCUT2D eigenvalue weighted by molar-refractivity contribution is 5.96. The number of fused-ring (bicyclic) bond motifs is 1. The molecule has 0 aliphatic heterocycles. The third kappa shape index (κ3) is 17.9. The van der Waals surface area contributed by atoms with Gasteiger partial charge in [-0.25, -0.2) is 4.79 Å². The zero-order chi connectivity index (χ0) is 51.9. The van der Waals surface area contributed by atoms with Crippen molar-refractivity contribution in [1.82, 2.24) is 40.8 Å². The van der Waals surface area contributed by atoms with Gasteiger partial charge < -0.3 is 55.8 Å². The van der Waals surface area contributed by atoms with Crippen LogP contribution in [0.5, 0.6) is 23.5 Å². The maximum atomic E-state index is 13.2. The molecule has 4 aromatic rings. The Morgan fingerprint density at radius 2 is 1.58 bits per heavy atom. The summed E-state index contributed by atoms with van der Waals surface area (Å²) in [7, 11) is 1.40. The number of carbonyl (C=O) groups is 7. The van der Waals surface area contributed by atoms with Gasteiger partial charge in [-0.15, -0.1) is 0 Å². The lowest BCUT2D eigenvalue weighted by Gasteiger charge is -2.24. The van der Waals surface area contributed by atoms with E-state index >= 15 is 0 Å². The third-order valence-electron chi connectivity index (χ3n) is 10.6. The average Bonchev–Trinajstić information content (AvgIpc) is 3.66. The van der Waals surface area contributed by atoms with Gasteiger partial charge in [0.15, 0.2) is 28.5 Å². The van der Waals surface area contributed by atoms with E-state index in [0.717, 1.165) is 18.4 Å². The van der Waals surface area contributed by atoms with E-state index in [1.54, 1.807) is 64.1 Å². The Morgan fingerprint density at radius 1 is 0.831 bits per heavy atom. The number of imidazole rings is 1. The van der Waals surface area contributed by atoms with Gasteiger partial charge in [0, 0.05) is 31.0 Å². The van der Waals surface area contributed by atoms with Gasteiger partial charge in [-0.3, -0.25) is 33.3 Å². The Hall–Kier alpha value is -7.78. The lowest BCUT2D eigenvalue weighted by atomic mass is 10.0. The van der Waals surface area contributed by atoms with Gasteiger partial charge in [-0.2, -0.15) is 15.0 Å². The predicted molar refractivity (Wildman–Crippen MR) is 260 cm³/mol. The van der Waals surface area contributed by atoms with Crippen LogP contribution in [0.1, 0.15) is 107 Å². The lowest BCUT2D eigenvalue weighted by Crippen LogP contribution is -2.55. The average molecular weight is 988 g/mol. The summed E-state index contributed by atoms with van der Waals surface area (Å²) in [6, 6.07) is 9.19. The number of nitrogens with two attached hydrogens (primary N) is 1. The quantitative estimate of drug-likeness (QED) is 0.0194. The number of nitrogens with one attached hydrogen (secondary N) is 4. The molecule has 4 rings (SSSR count). The number of unbranched alkanes of at least 4 members (excludes halogenated alkanes) is 3. The van der Waals surface area contributed by atoms with Crippen molar-refractivity contribution in [3.8, 4) is 23.5 Å². The maximum absolute atomic E-state index is 13.2. The summed E-state index contributed by atoms with van der Waals surface area (Å²) in [5.41, 5.74) is 8.39. The van der Waals surface area contributed by atoms with Crippen LogP contribution in [-0.2, 0) is 44.8 Å². The first-order chi connectivity index (χ1) is 34.1. The molecular weight excluding hydrogens is 923 g/mol. The molecule has 0 spiro atoms. The van der Waals surface area contributed by atoms with Crippen molar-refractivity contribution in [3.63, 3.8) is 0 Å². The number of hydrogen-bond donors (Lipinski definition) is 6. The summed E-state index contributed by atoms with van der Waals surface area (Å²) < 4.78 is 28.0. The van der Waals surface area contributed by atoms with E-state index in [-0.39, 0.29) is 79.8 Å². The molecule has 0 bridgehead atoms. The molecule has 71 heavy (non-hydrogen) atoms. The minimum atomic E-state index is -1.15. The minimum absolute atomic E-state index is 0.0574. The molecule has 0 fully saturated rings. The topological polar surface area (TPSA) is 304 Å². The Morgan fingerprint density at radius 3 is 2.27 bits per heavy atom. The van der Waals surface area contributed by atoms with Crippen LogP contribution in [0.4, 0.5) is 5.82 Å². The zero-order valence-corrected chi connectivity index (χ0v) is 41.0. The first kappa shape index (κ1) is 55.8. The second kappa shape index (κ2) is 28.6. The van der Waals surface area contributed by atoms with Crippen molar-refractivity contribution in [1.29, 1.82) is 0 Å².